The number of rotatable bonds is 7. The second-order valence-electron chi connectivity index (χ2n) is 7.19. The Morgan fingerprint density at radius 3 is 2.54 bits per heavy atom. The molecule has 0 aromatic heterocycles. The van der Waals surface area contributed by atoms with Gasteiger partial charge in [0.05, 0.1) is 11.2 Å². The number of nitrogens with one attached hydrogen (secondary N) is 2. The largest absolute Gasteiger partial charge is 0.345 e. The van der Waals surface area contributed by atoms with Gasteiger partial charge < -0.3 is 16.4 Å². The fourth-order valence-electron chi connectivity index (χ4n) is 2.70. The summed E-state index contributed by atoms with van der Waals surface area (Å²) in [6, 6.07) is 4.07. The summed E-state index contributed by atoms with van der Waals surface area (Å²) < 4.78 is 14.2. The molecule has 1 aromatic rings. The second-order valence-corrected chi connectivity index (χ2v) is 7.19. The Bertz CT molecular complexity index is 629. The van der Waals surface area contributed by atoms with E-state index in [1.54, 1.807) is 0 Å². The number of carbonyl (C=O) groups excluding carboxylic acids is 2. The first-order valence-corrected chi connectivity index (χ1v) is 8.37. The summed E-state index contributed by atoms with van der Waals surface area (Å²) in [5.41, 5.74) is 5.63. The van der Waals surface area contributed by atoms with Crippen LogP contribution in [0.4, 0.5) is 10.1 Å². The van der Waals surface area contributed by atoms with E-state index in [-0.39, 0.29) is 29.0 Å². The van der Waals surface area contributed by atoms with Crippen molar-refractivity contribution in [3.63, 3.8) is 0 Å². The highest BCUT2D eigenvalue weighted by Crippen LogP contribution is 2.39. The van der Waals surface area contributed by atoms with E-state index < -0.39 is 11.4 Å². The van der Waals surface area contributed by atoms with Crippen LogP contribution in [0.1, 0.15) is 50.4 Å². The maximum absolute atomic E-state index is 14.2. The highest BCUT2D eigenvalue weighted by Gasteiger charge is 2.41. The lowest BCUT2D eigenvalue weighted by Gasteiger charge is -2.29. The summed E-state index contributed by atoms with van der Waals surface area (Å²) in [4.78, 5) is 24.1. The Morgan fingerprint density at radius 1 is 1.38 bits per heavy atom. The minimum Gasteiger partial charge on any atom is -0.345 e. The fraction of sp³-hybridized carbons (Fsp3) is 0.556. The van der Waals surface area contributed by atoms with Crippen LogP contribution in [0, 0.1) is 17.7 Å². The van der Waals surface area contributed by atoms with Crippen molar-refractivity contribution in [2.45, 2.75) is 45.6 Å². The molecule has 1 atom stereocenters. The van der Waals surface area contributed by atoms with E-state index in [0.717, 1.165) is 18.9 Å². The molecule has 0 spiro atoms. The van der Waals surface area contributed by atoms with Crippen molar-refractivity contribution in [1.29, 1.82) is 0 Å². The average Bonchev–Trinajstić information content (AvgIpc) is 3.33. The number of nitrogens with two attached hydrogens (primary N) is 1. The van der Waals surface area contributed by atoms with Crippen LogP contribution in [0.3, 0.4) is 0 Å². The predicted octanol–water partition coefficient (Wildman–Crippen LogP) is 2.67. The quantitative estimate of drug-likeness (QED) is 0.716. The van der Waals surface area contributed by atoms with Crippen LogP contribution in [0.5, 0.6) is 0 Å². The third-order valence-electron chi connectivity index (χ3n) is 4.40. The maximum atomic E-state index is 14.2. The molecule has 24 heavy (non-hydrogen) atoms. The van der Waals surface area contributed by atoms with Crippen LogP contribution in [-0.4, -0.2) is 23.9 Å². The normalized spacial score (nSPS) is 16.6. The lowest BCUT2D eigenvalue weighted by Crippen LogP contribution is -2.53. The van der Waals surface area contributed by atoms with E-state index in [9.17, 15) is 14.0 Å². The molecule has 0 radical (unpaired) electrons. The van der Waals surface area contributed by atoms with E-state index in [0.29, 0.717) is 18.9 Å². The standard InChI is InChI=1S/C18H26FN3O2/c1-11(2)8-16(23)21-15-7-4-12(9-14(15)19)17(24)22-18(3,10-20)13-5-6-13/h4,7,9,11,13H,5-6,8,10,20H2,1-3H3,(H,21,23)(H,22,24). The minimum atomic E-state index is -0.624. The first kappa shape index (κ1) is 18.4. The fourth-order valence-corrected chi connectivity index (χ4v) is 2.70. The van der Waals surface area contributed by atoms with Gasteiger partial charge in [-0.25, -0.2) is 4.39 Å². The van der Waals surface area contributed by atoms with E-state index in [4.69, 9.17) is 5.73 Å². The van der Waals surface area contributed by atoms with Crippen LogP contribution in [0.25, 0.3) is 0 Å². The summed E-state index contributed by atoms with van der Waals surface area (Å²) in [6.45, 7) is 6.09. The molecule has 5 nitrogen and oxygen atoms in total. The van der Waals surface area contributed by atoms with Crippen molar-refractivity contribution in [3.8, 4) is 0 Å². The molecular formula is C18H26FN3O2. The highest BCUT2D eigenvalue weighted by molar-refractivity contribution is 5.96. The smallest absolute Gasteiger partial charge is 0.251 e. The van der Waals surface area contributed by atoms with Crippen molar-refractivity contribution in [3.05, 3.63) is 29.6 Å². The molecule has 2 rings (SSSR count). The van der Waals surface area contributed by atoms with Crippen molar-refractivity contribution in [1.82, 2.24) is 5.32 Å². The number of benzene rings is 1. The molecule has 1 aliphatic rings. The molecule has 0 saturated heterocycles. The van der Waals surface area contributed by atoms with E-state index in [1.165, 1.54) is 12.1 Å². The summed E-state index contributed by atoms with van der Waals surface area (Å²) in [5.74, 6) is -0.652. The number of hydrogen-bond acceptors (Lipinski definition) is 3. The van der Waals surface area contributed by atoms with Gasteiger partial charge in [-0.2, -0.15) is 0 Å². The van der Waals surface area contributed by atoms with Crippen molar-refractivity contribution in [2.75, 3.05) is 11.9 Å². The molecule has 2 amide bonds. The summed E-state index contributed by atoms with van der Waals surface area (Å²) >= 11 is 0. The van der Waals surface area contributed by atoms with Gasteiger partial charge in [-0.3, -0.25) is 9.59 Å². The Kier molecular flexibility index (Phi) is 5.59. The monoisotopic (exact) mass is 335 g/mol. The Hall–Kier alpha value is -1.95. The van der Waals surface area contributed by atoms with Gasteiger partial charge in [0.1, 0.15) is 5.82 Å². The molecule has 132 valence electrons. The van der Waals surface area contributed by atoms with Gasteiger partial charge in [-0.15, -0.1) is 0 Å². The first-order chi connectivity index (χ1) is 11.2. The van der Waals surface area contributed by atoms with Crippen molar-refractivity contribution in [2.24, 2.45) is 17.6 Å². The molecule has 6 heteroatoms. The van der Waals surface area contributed by atoms with Gasteiger partial charge >= 0.3 is 0 Å². The molecule has 1 fully saturated rings. The molecule has 1 unspecified atom stereocenters. The zero-order valence-corrected chi connectivity index (χ0v) is 14.5. The number of carbonyl (C=O) groups is 2. The number of amides is 2. The summed E-state index contributed by atoms with van der Waals surface area (Å²) in [5, 5.41) is 5.45. The van der Waals surface area contributed by atoms with Gasteiger partial charge in [-0.1, -0.05) is 13.8 Å². The number of halogens is 1. The molecule has 0 aliphatic heterocycles. The van der Waals surface area contributed by atoms with Crippen LogP contribution in [-0.2, 0) is 4.79 Å². The maximum Gasteiger partial charge on any atom is 0.251 e. The molecular weight excluding hydrogens is 309 g/mol. The first-order valence-electron chi connectivity index (χ1n) is 8.37. The average molecular weight is 335 g/mol. The Labute approximate surface area is 142 Å². The third-order valence-corrected chi connectivity index (χ3v) is 4.40. The lowest BCUT2D eigenvalue weighted by molar-refractivity contribution is -0.116. The SMILES string of the molecule is CC(C)CC(=O)Nc1ccc(C(=O)NC(C)(CN)C2CC2)cc1F. The van der Waals surface area contributed by atoms with Crippen molar-refractivity contribution >= 4 is 17.5 Å². The zero-order chi connectivity index (χ0) is 17.9. The second kappa shape index (κ2) is 7.30. The molecule has 0 bridgehead atoms. The number of anilines is 1. The minimum absolute atomic E-state index is 0.0842. The van der Waals surface area contributed by atoms with Crippen molar-refractivity contribution < 1.29 is 14.0 Å². The van der Waals surface area contributed by atoms with Gasteiger partial charge in [0, 0.05) is 18.5 Å². The molecule has 1 aromatic carbocycles. The van der Waals surface area contributed by atoms with E-state index >= 15 is 0 Å². The summed E-state index contributed by atoms with van der Waals surface area (Å²) in [7, 11) is 0. The van der Waals surface area contributed by atoms with E-state index in [1.807, 2.05) is 20.8 Å². The van der Waals surface area contributed by atoms with Gasteiger partial charge in [0.15, 0.2) is 0 Å². The molecule has 0 heterocycles. The topological polar surface area (TPSA) is 84.2 Å². The third kappa shape index (κ3) is 4.54. The van der Waals surface area contributed by atoms with Crippen LogP contribution < -0.4 is 16.4 Å². The Morgan fingerprint density at radius 2 is 2.04 bits per heavy atom. The van der Waals surface area contributed by atoms with Crippen LogP contribution in [0.15, 0.2) is 18.2 Å². The van der Waals surface area contributed by atoms with E-state index in [2.05, 4.69) is 10.6 Å². The molecule has 1 aliphatic carbocycles. The summed E-state index contributed by atoms with van der Waals surface area (Å²) in [6.07, 6.45) is 2.41. The van der Waals surface area contributed by atoms with Crippen LogP contribution in [0.2, 0.25) is 0 Å². The number of hydrogen-bond donors (Lipinski definition) is 3. The van der Waals surface area contributed by atoms with Gasteiger partial charge in [0.25, 0.3) is 5.91 Å². The zero-order valence-electron chi connectivity index (χ0n) is 14.5. The predicted molar refractivity (Wildman–Crippen MR) is 92.1 cm³/mol. The molecule has 4 N–H and O–H groups in total. The Balaban J connectivity index is 2.05. The van der Waals surface area contributed by atoms with Gasteiger partial charge in [-0.05, 0) is 49.8 Å². The molecule has 1 saturated carbocycles. The van der Waals surface area contributed by atoms with Crippen LogP contribution >= 0.6 is 0 Å². The highest BCUT2D eigenvalue weighted by atomic mass is 19.1. The lowest BCUT2D eigenvalue weighted by atomic mass is 9.95. The van der Waals surface area contributed by atoms with Gasteiger partial charge in [0.2, 0.25) is 5.91 Å².